The van der Waals surface area contributed by atoms with Crippen LogP contribution in [0.2, 0.25) is 0 Å². The Morgan fingerprint density at radius 3 is 1.79 bits per heavy atom. The summed E-state index contributed by atoms with van der Waals surface area (Å²) in [5, 5.41) is 4.71. The number of hydrogen-bond donors (Lipinski definition) is 2. The minimum Gasteiger partial charge on any atom is -0.329 e. The van der Waals surface area contributed by atoms with Crippen molar-refractivity contribution in [2.24, 2.45) is 0 Å². The maximum absolute atomic E-state index is 11.2. The standard InChI is InChI=1S/2C10H10N2O2/c13-9-6-11-10(14)12(9)7-8-4-2-1-3-5-8;13-9-7-12(10(14)11-9)6-8-4-2-1-3-5-8/h1-5H,6-7H2,(H,11,14);1-5H,6-7H2,(H,11,13,14). The molecule has 0 spiro atoms. The maximum atomic E-state index is 11.2. The molecule has 0 bridgehead atoms. The van der Waals surface area contributed by atoms with Crippen molar-refractivity contribution in [3.8, 4) is 0 Å². The molecule has 2 aromatic carbocycles. The van der Waals surface area contributed by atoms with Crippen LogP contribution >= 0.6 is 0 Å². The van der Waals surface area contributed by atoms with Crippen LogP contribution < -0.4 is 10.6 Å². The second-order valence-corrected chi connectivity index (χ2v) is 6.32. The van der Waals surface area contributed by atoms with E-state index in [2.05, 4.69) is 10.6 Å². The molecule has 28 heavy (non-hydrogen) atoms. The largest absolute Gasteiger partial charge is 0.329 e. The molecule has 2 aliphatic rings. The second kappa shape index (κ2) is 8.81. The van der Waals surface area contributed by atoms with E-state index in [1.165, 1.54) is 9.80 Å². The van der Waals surface area contributed by atoms with E-state index in [1.807, 2.05) is 60.7 Å². The molecule has 0 aliphatic carbocycles. The van der Waals surface area contributed by atoms with Crippen LogP contribution in [0.3, 0.4) is 0 Å². The van der Waals surface area contributed by atoms with Crippen molar-refractivity contribution in [3.05, 3.63) is 71.8 Å². The van der Waals surface area contributed by atoms with Crippen molar-refractivity contribution in [3.63, 3.8) is 0 Å². The second-order valence-electron chi connectivity index (χ2n) is 6.32. The summed E-state index contributed by atoms with van der Waals surface area (Å²) in [5.41, 5.74) is 1.98. The van der Waals surface area contributed by atoms with Crippen LogP contribution in [0.25, 0.3) is 0 Å². The molecular weight excluding hydrogens is 360 g/mol. The van der Waals surface area contributed by atoms with Crippen molar-refractivity contribution in [2.75, 3.05) is 13.1 Å². The van der Waals surface area contributed by atoms with Crippen LogP contribution in [0.5, 0.6) is 0 Å². The van der Waals surface area contributed by atoms with Gasteiger partial charge >= 0.3 is 12.1 Å². The number of nitrogens with one attached hydrogen (secondary N) is 2. The topological polar surface area (TPSA) is 98.8 Å². The lowest BCUT2D eigenvalue weighted by Crippen LogP contribution is -2.30. The number of carbonyl (C=O) groups excluding carboxylic acids is 4. The first-order valence-electron chi connectivity index (χ1n) is 8.78. The third-order valence-electron chi connectivity index (χ3n) is 4.20. The zero-order valence-electron chi connectivity index (χ0n) is 15.1. The first-order chi connectivity index (χ1) is 13.5. The monoisotopic (exact) mass is 380 g/mol. The smallest absolute Gasteiger partial charge is 0.324 e. The van der Waals surface area contributed by atoms with Gasteiger partial charge in [-0.3, -0.25) is 19.8 Å². The molecule has 2 fully saturated rings. The van der Waals surface area contributed by atoms with E-state index in [-0.39, 0.29) is 37.0 Å². The van der Waals surface area contributed by atoms with Crippen molar-refractivity contribution in [1.29, 1.82) is 0 Å². The summed E-state index contributed by atoms with van der Waals surface area (Å²) >= 11 is 0. The molecule has 6 amide bonds. The first-order valence-corrected chi connectivity index (χ1v) is 8.78. The number of hydrogen-bond acceptors (Lipinski definition) is 4. The average Bonchev–Trinajstić information content (AvgIpc) is 3.19. The highest BCUT2D eigenvalue weighted by atomic mass is 16.2. The van der Waals surface area contributed by atoms with Gasteiger partial charge in [-0.15, -0.1) is 0 Å². The summed E-state index contributed by atoms with van der Waals surface area (Å²) in [6, 6.07) is 18.4. The first kappa shape index (κ1) is 19.1. The molecule has 2 heterocycles. The molecule has 2 aliphatic heterocycles. The van der Waals surface area contributed by atoms with E-state index in [4.69, 9.17) is 0 Å². The Hall–Kier alpha value is -3.68. The van der Waals surface area contributed by atoms with E-state index in [9.17, 15) is 19.2 Å². The van der Waals surface area contributed by atoms with Crippen LogP contribution in [0.4, 0.5) is 9.59 Å². The fraction of sp³-hybridized carbons (Fsp3) is 0.200. The zero-order chi connectivity index (χ0) is 19.9. The molecule has 8 nitrogen and oxygen atoms in total. The van der Waals surface area contributed by atoms with Crippen molar-refractivity contribution < 1.29 is 19.2 Å². The van der Waals surface area contributed by atoms with Crippen LogP contribution in [0, 0.1) is 0 Å². The highest BCUT2D eigenvalue weighted by Gasteiger charge is 2.28. The summed E-state index contributed by atoms with van der Waals surface area (Å²) in [7, 11) is 0. The fourth-order valence-corrected chi connectivity index (χ4v) is 2.80. The van der Waals surface area contributed by atoms with E-state index in [0.29, 0.717) is 13.1 Å². The molecular formula is C20H20N4O4. The van der Waals surface area contributed by atoms with E-state index < -0.39 is 0 Å². The van der Waals surface area contributed by atoms with Crippen molar-refractivity contribution in [1.82, 2.24) is 20.4 Å². The highest BCUT2D eigenvalue weighted by Crippen LogP contribution is 2.08. The van der Waals surface area contributed by atoms with Crippen LogP contribution in [-0.2, 0) is 22.7 Å². The Balaban J connectivity index is 0.000000161. The molecule has 0 radical (unpaired) electrons. The van der Waals surface area contributed by atoms with E-state index in [1.54, 1.807) is 0 Å². The average molecular weight is 380 g/mol. The lowest BCUT2D eigenvalue weighted by molar-refractivity contribution is -0.125. The number of nitrogens with zero attached hydrogens (tertiary/aromatic N) is 2. The number of urea groups is 2. The third kappa shape index (κ3) is 4.94. The maximum Gasteiger partial charge on any atom is 0.324 e. The molecule has 0 unspecified atom stereocenters. The Morgan fingerprint density at radius 1 is 0.750 bits per heavy atom. The van der Waals surface area contributed by atoms with Gasteiger partial charge in [-0.05, 0) is 11.1 Å². The van der Waals surface area contributed by atoms with Crippen LogP contribution in [-0.4, -0.2) is 46.8 Å². The molecule has 2 aromatic rings. The minimum atomic E-state index is -0.307. The Bertz CT molecular complexity index is 852. The summed E-state index contributed by atoms with van der Waals surface area (Å²) in [6.45, 7) is 1.11. The number of imide groups is 2. The predicted octanol–water partition coefficient (Wildman–Crippen LogP) is 1.48. The van der Waals surface area contributed by atoms with Gasteiger partial charge < -0.3 is 10.2 Å². The minimum absolute atomic E-state index is 0.117. The molecule has 2 saturated heterocycles. The number of rotatable bonds is 4. The fourth-order valence-electron chi connectivity index (χ4n) is 2.80. The number of carbonyl (C=O) groups is 4. The van der Waals surface area contributed by atoms with Crippen molar-refractivity contribution in [2.45, 2.75) is 13.1 Å². The summed E-state index contributed by atoms with van der Waals surface area (Å²) < 4.78 is 0. The summed E-state index contributed by atoms with van der Waals surface area (Å²) in [6.07, 6.45) is 0. The lowest BCUT2D eigenvalue weighted by Gasteiger charge is -2.12. The molecule has 0 atom stereocenters. The van der Waals surface area contributed by atoms with Gasteiger partial charge in [-0.1, -0.05) is 60.7 Å². The van der Waals surface area contributed by atoms with Crippen LogP contribution in [0.1, 0.15) is 11.1 Å². The summed E-state index contributed by atoms with van der Waals surface area (Å²) in [5.74, 6) is -0.398. The van der Waals surface area contributed by atoms with Gasteiger partial charge in [0, 0.05) is 6.54 Å². The van der Waals surface area contributed by atoms with Crippen LogP contribution in [0.15, 0.2) is 60.7 Å². The normalized spacial score (nSPS) is 15.9. The van der Waals surface area contributed by atoms with Gasteiger partial charge in [0.05, 0.1) is 13.1 Å². The highest BCUT2D eigenvalue weighted by molar-refractivity contribution is 6.02. The number of benzene rings is 2. The molecule has 0 aromatic heterocycles. The quantitative estimate of drug-likeness (QED) is 0.785. The molecule has 144 valence electrons. The number of amides is 6. The summed E-state index contributed by atoms with van der Waals surface area (Å²) in [4.78, 5) is 47.2. The lowest BCUT2D eigenvalue weighted by atomic mass is 10.2. The van der Waals surface area contributed by atoms with Gasteiger partial charge in [-0.25, -0.2) is 9.59 Å². The van der Waals surface area contributed by atoms with Gasteiger partial charge in [-0.2, -0.15) is 0 Å². The molecule has 4 rings (SSSR count). The Morgan fingerprint density at radius 2 is 1.32 bits per heavy atom. The SMILES string of the molecule is O=C1CN(Cc2ccccc2)C(=O)N1.O=C1CNC(=O)N1Cc1ccccc1. The predicted molar refractivity (Wildman–Crippen MR) is 101 cm³/mol. The van der Waals surface area contributed by atoms with Gasteiger partial charge in [0.1, 0.15) is 6.54 Å². The van der Waals surface area contributed by atoms with Gasteiger partial charge in [0.2, 0.25) is 11.8 Å². The molecule has 2 N–H and O–H groups in total. The Kier molecular flexibility index (Phi) is 6.01. The molecule has 8 heteroatoms. The van der Waals surface area contributed by atoms with E-state index in [0.717, 1.165) is 11.1 Å². The molecule has 0 saturated carbocycles. The van der Waals surface area contributed by atoms with Crippen molar-refractivity contribution >= 4 is 23.9 Å². The zero-order valence-corrected chi connectivity index (χ0v) is 15.1. The van der Waals surface area contributed by atoms with E-state index >= 15 is 0 Å². The Labute approximate surface area is 162 Å². The van der Waals surface area contributed by atoms with Gasteiger partial charge in [0.15, 0.2) is 0 Å². The van der Waals surface area contributed by atoms with Gasteiger partial charge in [0.25, 0.3) is 0 Å². The third-order valence-corrected chi connectivity index (χ3v) is 4.20.